The first-order chi connectivity index (χ1) is 6.60. The number of carbonyl (C=O) groups excluding carboxylic acids is 1. The Morgan fingerprint density at radius 3 is 2.57 bits per heavy atom. The van der Waals surface area contributed by atoms with Gasteiger partial charge in [0, 0.05) is 6.61 Å². The molecule has 2 unspecified atom stereocenters. The van der Waals surface area contributed by atoms with Gasteiger partial charge in [-0.15, -0.1) is 0 Å². The van der Waals surface area contributed by atoms with Gasteiger partial charge in [-0.1, -0.05) is 6.92 Å². The normalized spacial score (nSPS) is 14.9. The van der Waals surface area contributed by atoms with E-state index in [9.17, 15) is 9.90 Å². The average Bonchev–Trinajstić information content (AvgIpc) is 2.14. The maximum absolute atomic E-state index is 10.9. The van der Waals surface area contributed by atoms with E-state index < -0.39 is 6.10 Å². The number of aliphatic hydroxyl groups is 2. The Labute approximate surface area is 84.9 Å². The van der Waals surface area contributed by atoms with Crippen molar-refractivity contribution in [3.8, 4) is 0 Å². The first-order valence-corrected chi connectivity index (χ1v) is 5.04. The molecular weight excluding hydrogens is 184 g/mol. The van der Waals surface area contributed by atoms with E-state index in [4.69, 9.17) is 9.84 Å². The minimum Gasteiger partial charge on any atom is -0.466 e. The van der Waals surface area contributed by atoms with Crippen molar-refractivity contribution >= 4 is 5.97 Å². The van der Waals surface area contributed by atoms with Crippen LogP contribution in [0.25, 0.3) is 0 Å². The van der Waals surface area contributed by atoms with E-state index in [2.05, 4.69) is 0 Å². The summed E-state index contributed by atoms with van der Waals surface area (Å²) >= 11 is 0. The lowest BCUT2D eigenvalue weighted by Gasteiger charge is -2.12. The third kappa shape index (κ3) is 6.86. The summed E-state index contributed by atoms with van der Waals surface area (Å²) in [5, 5.41) is 18.1. The Morgan fingerprint density at radius 2 is 2.07 bits per heavy atom. The minimum atomic E-state index is -0.650. The zero-order chi connectivity index (χ0) is 11.0. The van der Waals surface area contributed by atoms with Crippen LogP contribution in [0.15, 0.2) is 0 Å². The van der Waals surface area contributed by atoms with Gasteiger partial charge in [0.2, 0.25) is 0 Å². The fraction of sp³-hybridized carbons (Fsp3) is 0.900. The maximum Gasteiger partial charge on any atom is 0.308 e. The van der Waals surface area contributed by atoms with Crippen LogP contribution in [0.3, 0.4) is 0 Å². The van der Waals surface area contributed by atoms with Gasteiger partial charge in [-0.25, -0.2) is 0 Å². The second-order valence-corrected chi connectivity index (χ2v) is 3.53. The average molecular weight is 204 g/mol. The molecule has 0 aliphatic rings. The number of carbonyl (C=O) groups is 1. The topological polar surface area (TPSA) is 66.8 Å². The number of aliphatic hydroxyl groups excluding tert-OH is 2. The predicted octanol–water partition coefficient (Wildman–Crippen LogP) is 0.709. The fourth-order valence-corrected chi connectivity index (χ4v) is 1.08. The van der Waals surface area contributed by atoms with E-state index >= 15 is 0 Å². The lowest BCUT2D eigenvalue weighted by atomic mass is 10.0. The molecule has 4 heteroatoms. The van der Waals surface area contributed by atoms with Crippen molar-refractivity contribution in [1.82, 2.24) is 0 Å². The molecule has 0 aromatic rings. The van der Waals surface area contributed by atoms with Gasteiger partial charge < -0.3 is 14.9 Å². The number of hydrogen-bond donors (Lipinski definition) is 2. The van der Waals surface area contributed by atoms with Crippen molar-refractivity contribution in [2.75, 3.05) is 13.2 Å². The molecule has 0 heterocycles. The Kier molecular flexibility index (Phi) is 7.42. The highest BCUT2D eigenvalue weighted by atomic mass is 16.5. The molecule has 0 saturated heterocycles. The largest absolute Gasteiger partial charge is 0.466 e. The molecule has 2 atom stereocenters. The third-order valence-corrected chi connectivity index (χ3v) is 2.01. The van der Waals surface area contributed by atoms with E-state index in [1.54, 1.807) is 6.92 Å². The van der Waals surface area contributed by atoms with Gasteiger partial charge >= 0.3 is 5.97 Å². The molecule has 0 fully saturated rings. The summed E-state index contributed by atoms with van der Waals surface area (Å²) in [5.41, 5.74) is 0. The van der Waals surface area contributed by atoms with Crippen LogP contribution in [-0.4, -0.2) is 35.5 Å². The number of hydrogen-bond acceptors (Lipinski definition) is 4. The van der Waals surface area contributed by atoms with Crippen LogP contribution in [0, 0.1) is 5.92 Å². The van der Waals surface area contributed by atoms with E-state index in [1.807, 2.05) is 6.92 Å². The molecule has 0 aromatic carbocycles. The van der Waals surface area contributed by atoms with Crippen molar-refractivity contribution in [2.45, 2.75) is 39.2 Å². The van der Waals surface area contributed by atoms with Gasteiger partial charge in [-0.2, -0.15) is 0 Å². The van der Waals surface area contributed by atoms with Crippen LogP contribution in [0.5, 0.6) is 0 Å². The van der Waals surface area contributed by atoms with Gasteiger partial charge in [-0.3, -0.25) is 4.79 Å². The van der Waals surface area contributed by atoms with Crippen molar-refractivity contribution in [1.29, 1.82) is 0 Å². The van der Waals surface area contributed by atoms with E-state index in [0.717, 1.165) is 6.42 Å². The first kappa shape index (κ1) is 13.4. The zero-order valence-corrected chi connectivity index (χ0v) is 8.90. The summed E-state index contributed by atoms with van der Waals surface area (Å²) in [6.07, 6.45) is 0.645. The molecule has 0 bridgehead atoms. The molecule has 0 amide bonds. The van der Waals surface area contributed by atoms with Crippen molar-refractivity contribution in [3.63, 3.8) is 0 Å². The van der Waals surface area contributed by atoms with Crippen LogP contribution in [0.1, 0.15) is 33.1 Å². The fourth-order valence-electron chi connectivity index (χ4n) is 1.08. The summed E-state index contributed by atoms with van der Waals surface area (Å²) in [4.78, 5) is 10.9. The van der Waals surface area contributed by atoms with Crippen LogP contribution in [-0.2, 0) is 9.53 Å². The maximum atomic E-state index is 10.9. The quantitative estimate of drug-likeness (QED) is 0.599. The van der Waals surface area contributed by atoms with Gasteiger partial charge in [-0.05, 0) is 25.7 Å². The number of rotatable bonds is 7. The van der Waals surface area contributed by atoms with Gasteiger partial charge in [0.15, 0.2) is 0 Å². The third-order valence-electron chi connectivity index (χ3n) is 2.01. The number of ether oxygens (including phenoxy) is 1. The SMILES string of the molecule is CCOC(=O)CC(O)CCC(C)CO. The molecule has 0 aromatic heterocycles. The van der Waals surface area contributed by atoms with E-state index in [1.165, 1.54) is 0 Å². The molecule has 4 nitrogen and oxygen atoms in total. The molecular formula is C10H20O4. The molecule has 0 rings (SSSR count). The van der Waals surface area contributed by atoms with Gasteiger partial charge in [0.25, 0.3) is 0 Å². The second kappa shape index (κ2) is 7.76. The lowest BCUT2D eigenvalue weighted by Crippen LogP contribution is -2.17. The molecule has 0 aliphatic carbocycles. The highest BCUT2D eigenvalue weighted by molar-refractivity contribution is 5.69. The Balaban J connectivity index is 3.54. The van der Waals surface area contributed by atoms with Crippen LogP contribution < -0.4 is 0 Å². The molecule has 0 aliphatic heterocycles. The predicted molar refractivity (Wildman–Crippen MR) is 52.7 cm³/mol. The summed E-state index contributed by atoms with van der Waals surface area (Å²) in [6.45, 7) is 4.10. The molecule has 0 radical (unpaired) electrons. The second-order valence-electron chi connectivity index (χ2n) is 3.53. The molecule has 2 N–H and O–H groups in total. The molecule has 84 valence electrons. The summed E-state index contributed by atoms with van der Waals surface area (Å²) in [5.74, 6) is -0.191. The zero-order valence-electron chi connectivity index (χ0n) is 8.90. The smallest absolute Gasteiger partial charge is 0.308 e. The van der Waals surface area contributed by atoms with Crippen LogP contribution in [0.2, 0.25) is 0 Å². The highest BCUT2D eigenvalue weighted by Gasteiger charge is 2.12. The molecule has 14 heavy (non-hydrogen) atoms. The highest BCUT2D eigenvalue weighted by Crippen LogP contribution is 2.09. The number of esters is 1. The summed E-state index contributed by atoms with van der Waals surface area (Å²) in [6, 6.07) is 0. The Hall–Kier alpha value is -0.610. The van der Waals surface area contributed by atoms with Gasteiger partial charge in [0.1, 0.15) is 0 Å². The van der Waals surface area contributed by atoms with Crippen molar-refractivity contribution < 1.29 is 19.7 Å². The van der Waals surface area contributed by atoms with Gasteiger partial charge in [0.05, 0.1) is 19.1 Å². The molecule has 0 saturated carbocycles. The summed E-state index contributed by atoms with van der Waals surface area (Å²) < 4.78 is 4.70. The van der Waals surface area contributed by atoms with Crippen LogP contribution >= 0.6 is 0 Å². The van der Waals surface area contributed by atoms with E-state index in [-0.39, 0.29) is 24.9 Å². The Morgan fingerprint density at radius 1 is 1.43 bits per heavy atom. The van der Waals surface area contributed by atoms with Crippen molar-refractivity contribution in [3.05, 3.63) is 0 Å². The Bertz CT molecular complexity index is 158. The van der Waals surface area contributed by atoms with Crippen LogP contribution in [0.4, 0.5) is 0 Å². The summed E-state index contributed by atoms with van der Waals surface area (Å²) in [7, 11) is 0. The molecule has 0 spiro atoms. The standard InChI is InChI=1S/C10H20O4/c1-3-14-10(13)6-9(12)5-4-8(2)7-11/h8-9,11-12H,3-7H2,1-2H3. The first-order valence-electron chi connectivity index (χ1n) is 5.04. The monoisotopic (exact) mass is 204 g/mol. The van der Waals surface area contributed by atoms with Crippen molar-refractivity contribution in [2.24, 2.45) is 5.92 Å². The minimum absolute atomic E-state index is 0.0476. The lowest BCUT2D eigenvalue weighted by molar-refractivity contribution is -0.145. The van der Waals surface area contributed by atoms with E-state index in [0.29, 0.717) is 13.0 Å².